The zero-order chi connectivity index (χ0) is 21.1. The van der Waals surface area contributed by atoms with Crippen LogP contribution in [0.4, 0.5) is 8.78 Å². The van der Waals surface area contributed by atoms with Crippen LogP contribution in [0, 0.1) is 0 Å². The summed E-state index contributed by atoms with van der Waals surface area (Å²) in [6.45, 7) is 0.0227. The Morgan fingerprint density at radius 1 is 1.17 bits per heavy atom. The zero-order valence-electron chi connectivity index (χ0n) is 16.2. The van der Waals surface area contributed by atoms with E-state index in [0.29, 0.717) is 31.2 Å². The summed E-state index contributed by atoms with van der Waals surface area (Å²) < 4.78 is 40.6. The Morgan fingerprint density at radius 3 is 2.62 bits per heavy atom. The maximum atomic E-state index is 12.8. The molecule has 0 saturated carbocycles. The molecule has 0 spiro atoms. The lowest BCUT2D eigenvalue weighted by atomic mass is 10.2. The minimum absolute atomic E-state index is 0.0157. The number of furan rings is 1. The van der Waals surface area contributed by atoms with Crippen molar-refractivity contribution in [1.29, 1.82) is 0 Å². The van der Waals surface area contributed by atoms with Crippen molar-refractivity contribution >= 4 is 11.9 Å². The van der Waals surface area contributed by atoms with E-state index in [-0.39, 0.29) is 29.7 Å². The average Bonchev–Trinajstić information content (AvgIpc) is 3.24. The van der Waals surface area contributed by atoms with E-state index in [1.165, 1.54) is 6.26 Å². The first-order valence-electron chi connectivity index (χ1n) is 9.00. The van der Waals surface area contributed by atoms with Crippen molar-refractivity contribution in [2.45, 2.75) is 20.1 Å². The maximum absolute atomic E-state index is 12.8. The highest BCUT2D eigenvalue weighted by Crippen LogP contribution is 2.32. The molecular formula is C19H24F2N4O4. The zero-order valence-corrected chi connectivity index (χ0v) is 16.2. The molecule has 29 heavy (non-hydrogen) atoms. The Morgan fingerprint density at radius 2 is 1.97 bits per heavy atom. The molecule has 0 aliphatic carbocycles. The fourth-order valence-corrected chi connectivity index (χ4v) is 2.44. The number of nitrogens with one attached hydrogen (secondary N) is 3. The van der Waals surface area contributed by atoms with E-state index in [1.54, 1.807) is 44.3 Å². The highest BCUT2D eigenvalue weighted by atomic mass is 19.3. The SMILES string of the molecule is CCOc1cccc(CNC(=NC)NCCNC(=O)c2ccco2)c1OC(F)F. The lowest BCUT2D eigenvalue weighted by molar-refractivity contribution is -0.0520. The number of alkyl halides is 2. The van der Waals surface area contributed by atoms with E-state index >= 15 is 0 Å². The van der Waals surface area contributed by atoms with Crippen LogP contribution in [-0.2, 0) is 6.54 Å². The van der Waals surface area contributed by atoms with Gasteiger partial charge in [-0.05, 0) is 25.1 Å². The molecule has 0 unspecified atom stereocenters. The number of hydrogen-bond acceptors (Lipinski definition) is 5. The predicted molar refractivity (Wildman–Crippen MR) is 103 cm³/mol. The second kappa shape index (κ2) is 11.5. The molecule has 0 atom stereocenters. The summed E-state index contributed by atoms with van der Waals surface area (Å²) in [5, 5.41) is 8.72. The number of guanidine groups is 1. The third-order valence-electron chi connectivity index (χ3n) is 3.69. The maximum Gasteiger partial charge on any atom is 0.387 e. The highest BCUT2D eigenvalue weighted by molar-refractivity contribution is 5.91. The summed E-state index contributed by atoms with van der Waals surface area (Å²) >= 11 is 0. The molecule has 158 valence electrons. The molecule has 1 aromatic carbocycles. The molecule has 0 bridgehead atoms. The Bertz CT molecular complexity index is 798. The van der Waals surface area contributed by atoms with Gasteiger partial charge in [0.2, 0.25) is 0 Å². The topological polar surface area (TPSA) is 97.1 Å². The van der Waals surface area contributed by atoms with Crippen LogP contribution in [0.5, 0.6) is 11.5 Å². The normalized spacial score (nSPS) is 11.3. The predicted octanol–water partition coefficient (Wildman–Crippen LogP) is 2.37. The number of carbonyl (C=O) groups excluding carboxylic acids is 1. The molecule has 0 aliphatic heterocycles. The average molecular weight is 410 g/mol. The molecule has 0 radical (unpaired) electrons. The molecule has 2 aromatic rings. The molecule has 0 fully saturated rings. The van der Waals surface area contributed by atoms with E-state index in [0.717, 1.165) is 0 Å². The smallest absolute Gasteiger partial charge is 0.387 e. The van der Waals surface area contributed by atoms with Crippen molar-refractivity contribution in [1.82, 2.24) is 16.0 Å². The van der Waals surface area contributed by atoms with Crippen LogP contribution in [0.1, 0.15) is 23.0 Å². The van der Waals surface area contributed by atoms with Crippen molar-refractivity contribution in [2.24, 2.45) is 4.99 Å². The minimum Gasteiger partial charge on any atom is -0.490 e. The molecule has 1 amide bonds. The number of rotatable bonds is 10. The van der Waals surface area contributed by atoms with Gasteiger partial charge in [0.05, 0.1) is 12.9 Å². The van der Waals surface area contributed by atoms with Gasteiger partial charge in [0.25, 0.3) is 5.91 Å². The molecule has 2 rings (SSSR count). The van der Waals surface area contributed by atoms with Gasteiger partial charge in [0, 0.05) is 32.2 Å². The molecule has 0 saturated heterocycles. The van der Waals surface area contributed by atoms with Gasteiger partial charge in [-0.3, -0.25) is 9.79 Å². The van der Waals surface area contributed by atoms with Crippen LogP contribution in [0.25, 0.3) is 0 Å². The Kier molecular flexibility index (Phi) is 8.74. The first-order chi connectivity index (χ1) is 14.0. The van der Waals surface area contributed by atoms with Crippen LogP contribution in [0.2, 0.25) is 0 Å². The van der Waals surface area contributed by atoms with Gasteiger partial charge in [0.1, 0.15) is 0 Å². The number of hydrogen-bond donors (Lipinski definition) is 3. The monoisotopic (exact) mass is 410 g/mol. The second-order valence-electron chi connectivity index (χ2n) is 5.64. The Balaban J connectivity index is 1.87. The first-order valence-corrected chi connectivity index (χ1v) is 9.00. The fourth-order valence-electron chi connectivity index (χ4n) is 2.44. The number of aliphatic imine (C=N–C) groups is 1. The number of ether oxygens (including phenoxy) is 2. The molecule has 0 aliphatic rings. The molecule has 1 heterocycles. The fraction of sp³-hybridized carbons (Fsp3) is 0.368. The number of amides is 1. The van der Waals surface area contributed by atoms with E-state index in [2.05, 4.69) is 25.7 Å². The molecule has 3 N–H and O–H groups in total. The molecule has 8 nitrogen and oxygen atoms in total. The summed E-state index contributed by atoms with van der Waals surface area (Å²) in [7, 11) is 1.57. The Labute approximate surface area is 167 Å². The lowest BCUT2D eigenvalue weighted by Gasteiger charge is -2.17. The molecular weight excluding hydrogens is 386 g/mol. The molecule has 10 heteroatoms. The Hall–Kier alpha value is -3.30. The van der Waals surface area contributed by atoms with E-state index in [4.69, 9.17) is 9.15 Å². The van der Waals surface area contributed by atoms with E-state index in [1.807, 2.05) is 0 Å². The van der Waals surface area contributed by atoms with Gasteiger partial charge in [-0.2, -0.15) is 8.78 Å². The summed E-state index contributed by atoms with van der Waals surface area (Å²) in [4.78, 5) is 15.8. The lowest BCUT2D eigenvalue weighted by Crippen LogP contribution is -2.41. The standard InChI is InChI=1S/C19H24F2N4O4/c1-3-27-14-7-4-6-13(16(14)29-18(20)21)12-25-19(22-2)24-10-9-23-17(26)15-8-5-11-28-15/h4-8,11,18H,3,9-10,12H2,1-2H3,(H,23,26)(H2,22,24,25). The van der Waals surface area contributed by atoms with Crippen molar-refractivity contribution in [3.8, 4) is 11.5 Å². The number of para-hydroxylation sites is 1. The van der Waals surface area contributed by atoms with Gasteiger partial charge in [-0.15, -0.1) is 0 Å². The van der Waals surface area contributed by atoms with Crippen LogP contribution in [-0.4, -0.2) is 45.2 Å². The van der Waals surface area contributed by atoms with Crippen molar-refractivity contribution in [2.75, 3.05) is 26.7 Å². The van der Waals surface area contributed by atoms with Crippen LogP contribution < -0.4 is 25.4 Å². The summed E-state index contributed by atoms with van der Waals surface area (Å²) in [6, 6.07) is 8.12. The number of carbonyl (C=O) groups is 1. The second-order valence-corrected chi connectivity index (χ2v) is 5.64. The quantitative estimate of drug-likeness (QED) is 0.316. The van der Waals surface area contributed by atoms with E-state index in [9.17, 15) is 13.6 Å². The minimum atomic E-state index is -2.97. The van der Waals surface area contributed by atoms with E-state index < -0.39 is 6.61 Å². The third-order valence-corrected chi connectivity index (χ3v) is 3.69. The van der Waals surface area contributed by atoms with Gasteiger partial charge in [0.15, 0.2) is 23.2 Å². The van der Waals surface area contributed by atoms with Crippen LogP contribution >= 0.6 is 0 Å². The largest absolute Gasteiger partial charge is 0.490 e. The number of nitrogens with zero attached hydrogens (tertiary/aromatic N) is 1. The number of benzene rings is 1. The summed E-state index contributed by atoms with van der Waals surface area (Å²) in [5.41, 5.74) is 0.491. The van der Waals surface area contributed by atoms with Gasteiger partial charge >= 0.3 is 6.61 Å². The first kappa shape index (κ1) is 22.0. The number of halogens is 2. The van der Waals surface area contributed by atoms with Crippen molar-refractivity contribution in [3.05, 3.63) is 47.9 Å². The van der Waals surface area contributed by atoms with Crippen molar-refractivity contribution < 1.29 is 27.5 Å². The van der Waals surface area contributed by atoms with Crippen LogP contribution in [0.15, 0.2) is 46.0 Å². The summed E-state index contributed by atoms with van der Waals surface area (Å²) in [6.07, 6.45) is 1.42. The van der Waals surface area contributed by atoms with Gasteiger partial charge in [-0.25, -0.2) is 0 Å². The third kappa shape index (κ3) is 6.98. The summed E-state index contributed by atoms with van der Waals surface area (Å²) in [5.74, 6) is 0.574. The molecule has 1 aromatic heterocycles. The van der Waals surface area contributed by atoms with Gasteiger partial charge in [-0.1, -0.05) is 12.1 Å². The van der Waals surface area contributed by atoms with Gasteiger partial charge < -0.3 is 29.8 Å². The van der Waals surface area contributed by atoms with Crippen molar-refractivity contribution in [3.63, 3.8) is 0 Å². The van der Waals surface area contributed by atoms with Crippen LogP contribution in [0.3, 0.4) is 0 Å². The highest BCUT2D eigenvalue weighted by Gasteiger charge is 2.16.